The van der Waals surface area contributed by atoms with E-state index >= 15 is 0 Å². The second-order valence-electron chi connectivity index (χ2n) is 4.12. The summed E-state index contributed by atoms with van der Waals surface area (Å²) in [6, 6.07) is 13.2. The van der Waals surface area contributed by atoms with E-state index in [4.69, 9.17) is 0 Å². The Balaban J connectivity index is 1.94. The number of hydrogen-bond donors (Lipinski definition) is 1. The molecule has 0 aliphatic rings. The first kappa shape index (κ1) is 9.41. The molecule has 0 aliphatic carbocycles. The van der Waals surface area contributed by atoms with E-state index in [1.165, 1.54) is 0 Å². The molecule has 1 radical (unpaired) electrons. The van der Waals surface area contributed by atoms with Gasteiger partial charge in [0.1, 0.15) is 11.5 Å². The van der Waals surface area contributed by atoms with Gasteiger partial charge in [-0.1, -0.05) is 12.1 Å². The molecular formula is C14H9N4. The monoisotopic (exact) mass is 233 g/mol. The zero-order valence-electron chi connectivity index (χ0n) is 9.46. The van der Waals surface area contributed by atoms with Gasteiger partial charge >= 0.3 is 0 Å². The maximum atomic E-state index is 4.55. The van der Waals surface area contributed by atoms with Crippen molar-refractivity contribution in [3.8, 4) is 11.4 Å². The molecule has 0 bridgehead atoms. The van der Waals surface area contributed by atoms with Crippen LogP contribution < -0.4 is 0 Å². The molecule has 1 N–H and O–H groups in total. The quantitative estimate of drug-likeness (QED) is 0.549. The van der Waals surface area contributed by atoms with Gasteiger partial charge in [0, 0.05) is 30.2 Å². The van der Waals surface area contributed by atoms with Crippen LogP contribution in [0.4, 0.5) is 0 Å². The Labute approximate surface area is 103 Å². The van der Waals surface area contributed by atoms with E-state index in [0.717, 1.165) is 28.1 Å². The van der Waals surface area contributed by atoms with Crippen LogP contribution in [0.1, 0.15) is 0 Å². The van der Waals surface area contributed by atoms with Crippen LogP contribution in [0.25, 0.3) is 28.1 Å². The Morgan fingerprint density at radius 2 is 2.06 bits per heavy atom. The number of rotatable bonds is 1. The van der Waals surface area contributed by atoms with Crippen molar-refractivity contribution < 1.29 is 0 Å². The SMILES string of the molecule is [c]1c(-c2nc3ccccc3[nH]2)ccn2ccnc12. The van der Waals surface area contributed by atoms with Gasteiger partial charge in [-0.2, -0.15) is 0 Å². The number of nitrogens with one attached hydrogen (secondary N) is 1. The lowest BCUT2D eigenvalue weighted by Gasteiger charge is -1.97. The number of imidazole rings is 2. The fourth-order valence-electron chi connectivity index (χ4n) is 2.07. The van der Waals surface area contributed by atoms with Crippen LogP contribution >= 0.6 is 0 Å². The molecule has 0 saturated carbocycles. The first-order chi connectivity index (χ1) is 8.90. The van der Waals surface area contributed by atoms with E-state index in [1.807, 2.05) is 47.1 Å². The van der Waals surface area contributed by atoms with Gasteiger partial charge in [-0.15, -0.1) is 0 Å². The highest BCUT2D eigenvalue weighted by molar-refractivity contribution is 5.79. The van der Waals surface area contributed by atoms with Crippen LogP contribution in [0, 0.1) is 6.07 Å². The van der Waals surface area contributed by atoms with Crippen molar-refractivity contribution in [3.05, 3.63) is 55.0 Å². The van der Waals surface area contributed by atoms with Gasteiger partial charge in [0.2, 0.25) is 0 Å². The van der Waals surface area contributed by atoms with E-state index in [0.29, 0.717) is 0 Å². The molecule has 1 aromatic carbocycles. The second kappa shape index (κ2) is 3.43. The third-order valence-corrected chi connectivity index (χ3v) is 2.96. The molecule has 3 heterocycles. The summed E-state index contributed by atoms with van der Waals surface area (Å²) in [7, 11) is 0. The molecule has 4 nitrogen and oxygen atoms in total. The topological polar surface area (TPSA) is 46.0 Å². The normalized spacial score (nSPS) is 11.3. The zero-order chi connectivity index (χ0) is 11.9. The van der Waals surface area contributed by atoms with Crippen LogP contribution in [0.3, 0.4) is 0 Å². The summed E-state index contributed by atoms with van der Waals surface area (Å²) in [6.45, 7) is 0. The molecule has 0 unspecified atom stereocenters. The third kappa shape index (κ3) is 1.32. The number of benzene rings is 1. The molecule has 18 heavy (non-hydrogen) atoms. The highest BCUT2D eigenvalue weighted by atomic mass is 15.0. The smallest absolute Gasteiger partial charge is 0.145 e. The minimum atomic E-state index is 0.799. The van der Waals surface area contributed by atoms with E-state index in [9.17, 15) is 0 Å². The molecule has 4 heteroatoms. The average Bonchev–Trinajstić information content (AvgIpc) is 3.04. The molecule has 4 rings (SSSR count). The highest BCUT2D eigenvalue weighted by Gasteiger charge is 2.06. The number of aromatic amines is 1. The summed E-state index contributed by atoms with van der Waals surface area (Å²) >= 11 is 0. The molecule has 0 aliphatic heterocycles. The van der Waals surface area contributed by atoms with Gasteiger partial charge in [-0.05, 0) is 18.2 Å². The van der Waals surface area contributed by atoms with Gasteiger partial charge in [0.05, 0.1) is 11.0 Å². The Bertz CT molecular complexity index is 808. The first-order valence-electron chi connectivity index (χ1n) is 5.70. The van der Waals surface area contributed by atoms with Gasteiger partial charge < -0.3 is 9.38 Å². The first-order valence-corrected chi connectivity index (χ1v) is 5.70. The summed E-state index contributed by atoms with van der Waals surface area (Å²) in [5.41, 5.74) is 3.71. The summed E-state index contributed by atoms with van der Waals surface area (Å²) in [4.78, 5) is 12.1. The van der Waals surface area contributed by atoms with Crippen LogP contribution in [0.2, 0.25) is 0 Å². The number of fused-ring (bicyclic) bond motifs is 2. The number of aromatic nitrogens is 4. The van der Waals surface area contributed by atoms with Crippen LogP contribution in [0.5, 0.6) is 0 Å². The minimum absolute atomic E-state index is 0.799. The Kier molecular flexibility index (Phi) is 1.80. The van der Waals surface area contributed by atoms with Crippen LogP contribution in [-0.4, -0.2) is 19.4 Å². The van der Waals surface area contributed by atoms with Gasteiger partial charge in [-0.25, -0.2) is 9.97 Å². The lowest BCUT2D eigenvalue weighted by molar-refractivity contribution is 1.18. The van der Waals surface area contributed by atoms with Crippen molar-refractivity contribution in [1.29, 1.82) is 0 Å². The summed E-state index contributed by atoms with van der Waals surface area (Å²) in [5, 5.41) is 0. The van der Waals surface area contributed by atoms with Crippen molar-refractivity contribution >= 4 is 16.7 Å². The fraction of sp³-hybridized carbons (Fsp3) is 0. The second-order valence-corrected chi connectivity index (χ2v) is 4.12. The van der Waals surface area contributed by atoms with E-state index in [1.54, 1.807) is 6.20 Å². The van der Waals surface area contributed by atoms with E-state index in [2.05, 4.69) is 21.0 Å². The number of nitrogens with zero attached hydrogens (tertiary/aromatic N) is 3. The Morgan fingerprint density at radius 1 is 1.11 bits per heavy atom. The lowest BCUT2D eigenvalue weighted by Crippen LogP contribution is -1.86. The molecule has 0 amide bonds. The number of hydrogen-bond acceptors (Lipinski definition) is 2. The molecule has 3 aromatic heterocycles. The Hall–Kier alpha value is -2.62. The Morgan fingerprint density at radius 3 is 3.00 bits per heavy atom. The molecule has 4 aromatic rings. The molecule has 0 saturated heterocycles. The maximum absolute atomic E-state index is 4.55. The standard InChI is InChI=1S/C14H9N4/c1-2-4-12-11(3-1)16-14(17-12)10-5-7-18-8-6-15-13(18)9-10/h1-8H,(H,16,17). The molecular weight excluding hydrogens is 224 g/mol. The predicted octanol–water partition coefficient (Wildman–Crippen LogP) is 2.68. The summed E-state index contributed by atoms with van der Waals surface area (Å²) < 4.78 is 1.92. The minimum Gasteiger partial charge on any atom is -0.338 e. The van der Waals surface area contributed by atoms with E-state index in [-0.39, 0.29) is 0 Å². The van der Waals surface area contributed by atoms with E-state index < -0.39 is 0 Å². The average molecular weight is 233 g/mol. The number of H-pyrrole nitrogens is 1. The van der Waals surface area contributed by atoms with Gasteiger partial charge in [-0.3, -0.25) is 0 Å². The molecule has 0 spiro atoms. The summed E-state index contributed by atoms with van der Waals surface area (Å²) in [5.74, 6) is 0.821. The zero-order valence-corrected chi connectivity index (χ0v) is 9.46. The number of para-hydroxylation sites is 2. The maximum Gasteiger partial charge on any atom is 0.145 e. The summed E-state index contributed by atoms with van der Waals surface area (Å²) in [6.07, 6.45) is 5.61. The largest absolute Gasteiger partial charge is 0.338 e. The van der Waals surface area contributed by atoms with Crippen molar-refractivity contribution in [2.45, 2.75) is 0 Å². The van der Waals surface area contributed by atoms with Crippen molar-refractivity contribution in [2.75, 3.05) is 0 Å². The van der Waals surface area contributed by atoms with Crippen molar-refractivity contribution in [2.24, 2.45) is 0 Å². The predicted molar refractivity (Wildman–Crippen MR) is 69.1 cm³/mol. The highest BCUT2D eigenvalue weighted by Crippen LogP contribution is 2.20. The number of pyridine rings is 1. The molecule has 0 atom stereocenters. The molecule has 0 fully saturated rings. The fourth-order valence-corrected chi connectivity index (χ4v) is 2.07. The molecule has 85 valence electrons. The van der Waals surface area contributed by atoms with Gasteiger partial charge in [0.15, 0.2) is 0 Å². The van der Waals surface area contributed by atoms with Crippen molar-refractivity contribution in [3.63, 3.8) is 0 Å². The van der Waals surface area contributed by atoms with Gasteiger partial charge in [0.25, 0.3) is 0 Å². The van der Waals surface area contributed by atoms with Crippen LogP contribution in [-0.2, 0) is 0 Å². The van der Waals surface area contributed by atoms with Crippen LogP contribution in [0.15, 0.2) is 48.9 Å². The lowest BCUT2D eigenvalue weighted by atomic mass is 10.2. The third-order valence-electron chi connectivity index (χ3n) is 2.96. The van der Waals surface area contributed by atoms with Crippen molar-refractivity contribution in [1.82, 2.24) is 19.4 Å².